The molecule has 0 radical (unpaired) electrons. The summed E-state index contributed by atoms with van der Waals surface area (Å²) in [5.74, 6) is 0.182. The fourth-order valence-corrected chi connectivity index (χ4v) is 11.7. The Morgan fingerprint density at radius 3 is 2.20 bits per heavy atom. The summed E-state index contributed by atoms with van der Waals surface area (Å²) in [7, 11) is 0. The Kier molecular flexibility index (Phi) is 18.2. The van der Waals surface area contributed by atoms with Crippen LogP contribution in [0.1, 0.15) is 73.1 Å². The second-order valence-corrected chi connectivity index (χ2v) is 20.4. The molecule has 0 spiro atoms. The maximum Gasteiger partial charge on any atom is 0.410 e. The van der Waals surface area contributed by atoms with E-state index in [0.29, 0.717) is 59.5 Å². The molecule has 80 heavy (non-hydrogen) atoms. The van der Waals surface area contributed by atoms with E-state index in [9.17, 15) is 20.3 Å². The van der Waals surface area contributed by atoms with Crippen molar-refractivity contribution < 1.29 is 57.9 Å². The largest absolute Gasteiger partial charge is 0.459 e. The van der Waals surface area contributed by atoms with Crippen LogP contribution in [0.2, 0.25) is 0 Å². The van der Waals surface area contributed by atoms with E-state index in [1.807, 2.05) is 103 Å². The highest BCUT2D eigenvalue weighted by Crippen LogP contribution is 2.62. The molecule has 2 aliphatic heterocycles. The van der Waals surface area contributed by atoms with Crippen molar-refractivity contribution in [2.75, 3.05) is 39.8 Å². The zero-order chi connectivity index (χ0) is 55.3. The molecular weight excluding hydrogens is 1020 g/mol. The third-order valence-corrected chi connectivity index (χ3v) is 15.4. The molecule has 2 N–H and O–H groups in total. The number of benzene rings is 6. The van der Waals surface area contributed by atoms with Gasteiger partial charge >= 0.3 is 6.09 Å². The molecule has 6 unspecified atom stereocenters. The van der Waals surface area contributed by atoms with Gasteiger partial charge in [0.1, 0.15) is 36.5 Å². The van der Waals surface area contributed by atoms with E-state index in [2.05, 4.69) is 30.9 Å². The Hall–Kier alpha value is -8.02. The normalized spacial score (nSPS) is 20.9. The number of carbonyl (C=O) groups excluding carboxylic acids is 1. The minimum absolute atomic E-state index is 0.00630. The van der Waals surface area contributed by atoms with E-state index >= 15 is 4.79 Å². The van der Waals surface area contributed by atoms with Crippen LogP contribution in [0.25, 0.3) is 11.1 Å². The number of amides is 1. The molecule has 1 fully saturated rings. The van der Waals surface area contributed by atoms with Crippen LogP contribution in [-0.4, -0.2) is 83.5 Å². The topological polar surface area (TPSA) is 190 Å². The highest BCUT2D eigenvalue weighted by molar-refractivity contribution is 6.03. The first-order chi connectivity index (χ1) is 39.2. The van der Waals surface area contributed by atoms with Gasteiger partial charge in [0, 0.05) is 49.8 Å². The molecule has 2 heterocycles. The van der Waals surface area contributed by atoms with Crippen LogP contribution in [0.15, 0.2) is 175 Å². The smallest absolute Gasteiger partial charge is 0.410 e. The lowest BCUT2D eigenvalue weighted by molar-refractivity contribution is -0.384. The number of aliphatic hydroxyl groups excluding tert-OH is 2. The Balaban J connectivity index is 1.10. The maximum atomic E-state index is 15.3. The van der Waals surface area contributed by atoms with Crippen molar-refractivity contribution in [3.8, 4) is 39.9 Å². The second-order valence-electron chi connectivity index (χ2n) is 20.4. The van der Waals surface area contributed by atoms with E-state index in [1.165, 1.54) is 12.1 Å². The lowest BCUT2D eigenvalue weighted by Crippen LogP contribution is -2.70. The van der Waals surface area contributed by atoms with Crippen LogP contribution in [0.5, 0.6) is 28.7 Å². The fraction of sp³-hybridized carbons (Fsp3) is 0.344. The van der Waals surface area contributed by atoms with Crippen molar-refractivity contribution >= 4 is 17.5 Å². The summed E-state index contributed by atoms with van der Waals surface area (Å²) in [5.41, 5.74) is 6.73. The summed E-state index contributed by atoms with van der Waals surface area (Å²) < 4.78 is 45.2. The first kappa shape index (κ1) is 55.3. The van der Waals surface area contributed by atoms with Gasteiger partial charge in [0.2, 0.25) is 12.6 Å². The molecule has 16 heteroatoms. The summed E-state index contributed by atoms with van der Waals surface area (Å²) in [6, 6.07) is 44.5. The predicted octanol–water partition coefficient (Wildman–Crippen LogP) is 12.5. The summed E-state index contributed by atoms with van der Waals surface area (Å²) in [6.07, 6.45) is 7.50. The predicted molar refractivity (Wildman–Crippen MR) is 300 cm³/mol. The third kappa shape index (κ3) is 12.7. The van der Waals surface area contributed by atoms with Crippen LogP contribution >= 0.6 is 0 Å². The molecule has 1 saturated carbocycles. The minimum Gasteiger partial charge on any atom is -0.459 e. The SMILES string of the molecule is C=CCOC12Oc3ccc(Oc4ccc(-c5ccccc5)cc4)cc3C3C(CCCCO)C(CCCCO)C=C(C(=NOCc4ccc([N+](=O)[O-])cc4)CC1N(Cc1ccc4c(c1)OCO4)C(=O)OCCOCc1ccccc1)C32. The molecule has 4 aliphatic rings. The number of nitro benzene ring substituents is 1. The van der Waals surface area contributed by atoms with Gasteiger partial charge in [0.05, 0.1) is 36.4 Å². The molecule has 2 aliphatic carbocycles. The van der Waals surface area contributed by atoms with Gasteiger partial charge in [-0.3, -0.25) is 15.0 Å². The molecule has 6 atom stereocenters. The summed E-state index contributed by atoms with van der Waals surface area (Å²) >= 11 is 0. The van der Waals surface area contributed by atoms with Crippen molar-refractivity contribution in [3.05, 3.63) is 202 Å². The number of allylic oxidation sites excluding steroid dienone is 1. The van der Waals surface area contributed by atoms with Gasteiger partial charge in [-0.15, -0.1) is 6.58 Å². The van der Waals surface area contributed by atoms with Crippen LogP contribution in [0.3, 0.4) is 0 Å². The number of non-ortho nitro benzene ring substituents is 1. The van der Waals surface area contributed by atoms with Crippen molar-refractivity contribution in [1.82, 2.24) is 4.90 Å². The van der Waals surface area contributed by atoms with Crippen molar-refractivity contribution in [2.45, 2.75) is 82.5 Å². The number of aliphatic hydroxyl groups is 2. The lowest BCUT2D eigenvalue weighted by atomic mass is 9.55. The van der Waals surface area contributed by atoms with Crippen LogP contribution in [0.4, 0.5) is 10.5 Å². The zero-order valence-corrected chi connectivity index (χ0v) is 44.6. The van der Waals surface area contributed by atoms with Gasteiger partial charge in [-0.2, -0.15) is 0 Å². The van der Waals surface area contributed by atoms with Gasteiger partial charge in [-0.1, -0.05) is 109 Å². The van der Waals surface area contributed by atoms with E-state index in [-0.39, 0.29) is 82.8 Å². The monoisotopic (exact) mass is 1090 g/mol. The molecular formula is C64H67N3O13. The van der Waals surface area contributed by atoms with E-state index < -0.39 is 28.8 Å². The number of ether oxygens (including phenoxy) is 7. The lowest BCUT2D eigenvalue weighted by Gasteiger charge is -2.59. The zero-order valence-electron chi connectivity index (χ0n) is 44.6. The van der Waals surface area contributed by atoms with Crippen molar-refractivity contribution in [1.29, 1.82) is 0 Å². The molecule has 1 amide bonds. The number of nitrogens with zero attached hydrogens (tertiary/aromatic N) is 3. The molecule has 0 saturated heterocycles. The first-order valence-electron chi connectivity index (χ1n) is 27.5. The number of nitro groups is 1. The molecule has 16 nitrogen and oxygen atoms in total. The Morgan fingerprint density at radius 1 is 0.762 bits per heavy atom. The molecule has 0 bridgehead atoms. The highest BCUT2D eigenvalue weighted by Gasteiger charge is 2.66. The number of oxime groups is 1. The summed E-state index contributed by atoms with van der Waals surface area (Å²) in [4.78, 5) is 34.3. The van der Waals surface area contributed by atoms with E-state index in [1.54, 1.807) is 23.1 Å². The van der Waals surface area contributed by atoms with E-state index in [4.69, 9.17) is 43.2 Å². The Morgan fingerprint density at radius 2 is 1.45 bits per heavy atom. The maximum absolute atomic E-state index is 15.3. The number of carbonyl (C=O) groups is 1. The van der Waals surface area contributed by atoms with Crippen molar-refractivity contribution in [2.24, 2.45) is 22.9 Å². The van der Waals surface area contributed by atoms with Crippen LogP contribution < -0.4 is 18.9 Å². The summed E-state index contributed by atoms with van der Waals surface area (Å²) in [6.45, 7) is 4.69. The van der Waals surface area contributed by atoms with Gasteiger partial charge in [0.25, 0.3) is 5.69 Å². The quantitative estimate of drug-likeness (QED) is 0.0226. The number of hydrogen-bond donors (Lipinski definition) is 2. The van der Waals surface area contributed by atoms with E-state index in [0.717, 1.165) is 59.1 Å². The van der Waals surface area contributed by atoms with Crippen LogP contribution in [-0.2, 0) is 38.8 Å². The van der Waals surface area contributed by atoms with Crippen LogP contribution in [0, 0.1) is 27.9 Å². The third-order valence-electron chi connectivity index (χ3n) is 15.4. The molecule has 416 valence electrons. The molecule has 6 aromatic carbocycles. The standard InChI is InChI=1S/C64H67N3O13/c1-2-33-77-64-60(66(40-46-21-29-58-59(36-46)76-43-75-58)63(70)74-35-34-73-41-44-13-5-3-6-14-44)39-56(65-78-42-45-19-24-50(25-20-45)67(71)72)54-37-49(17-9-11-31-68)53(18-10-12-32-69)61(62(54)64)55-38-52(28-30-57(55)80-64)79-51-26-22-48(23-27-51)47-15-7-4-8-16-47/h2-8,13-16,19-30,36-38,49,53,60-62,68-69H,1,9-12,17-18,31-35,39-43H2. The Bertz CT molecular complexity index is 3120. The molecule has 6 aromatic rings. The number of hydrogen-bond acceptors (Lipinski definition) is 14. The number of unbranched alkanes of at least 4 members (excludes halogenated alkanes) is 2. The first-order valence-corrected chi connectivity index (χ1v) is 27.5. The number of rotatable bonds is 26. The van der Waals surface area contributed by atoms with Gasteiger partial charge in [-0.25, -0.2) is 4.79 Å². The fourth-order valence-electron chi connectivity index (χ4n) is 11.7. The highest BCUT2D eigenvalue weighted by atomic mass is 16.7. The average molecular weight is 1090 g/mol. The van der Waals surface area contributed by atoms with Gasteiger partial charge < -0.3 is 48.2 Å². The van der Waals surface area contributed by atoms with Crippen molar-refractivity contribution in [3.63, 3.8) is 0 Å². The summed E-state index contributed by atoms with van der Waals surface area (Å²) in [5, 5.41) is 36.8. The van der Waals surface area contributed by atoms with Gasteiger partial charge in [-0.05, 0) is 126 Å². The molecule has 10 rings (SSSR count). The van der Waals surface area contributed by atoms with Gasteiger partial charge in [0.15, 0.2) is 11.5 Å². The minimum atomic E-state index is -1.62. The molecule has 0 aromatic heterocycles. The average Bonchev–Trinajstić information content (AvgIpc) is 4.11. The second kappa shape index (κ2) is 26.3. The number of fused-ring (bicyclic) bond motifs is 3. The Labute approximate surface area is 465 Å².